The van der Waals surface area contributed by atoms with Crippen molar-refractivity contribution in [2.75, 3.05) is 0 Å². The molecule has 0 unspecified atom stereocenters. The van der Waals surface area contributed by atoms with Crippen LogP contribution in [0.15, 0.2) is 40.4 Å². The highest BCUT2D eigenvalue weighted by Gasteiger charge is 2.35. The monoisotopic (exact) mass is 353 g/mol. The smallest absolute Gasteiger partial charge is 0.292 e. The van der Waals surface area contributed by atoms with Gasteiger partial charge in [0.2, 0.25) is 0 Å². The van der Waals surface area contributed by atoms with Gasteiger partial charge in [0.1, 0.15) is 5.69 Å². The van der Waals surface area contributed by atoms with Crippen molar-refractivity contribution >= 4 is 27.7 Å². The first-order chi connectivity index (χ1) is 11.2. The zero-order chi connectivity index (χ0) is 17.6. The number of fused-ring (bicyclic) bond motifs is 1. The SMILES string of the molecule is C=Cc1nsc2ccc(-n3c(=O)cc(C(F)(F)F)n(C)c3=O)cc12. The van der Waals surface area contributed by atoms with Crippen molar-refractivity contribution in [1.29, 1.82) is 0 Å². The fourth-order valence-electron chi connectivity index (χ4n) is 2.37. The minimum atomic E-state index is -4.79. The quantitative estimate of drug-likeness (QED) is 0.712. The first-order valence-corrected chi connectivity index (χ1v) is 7.44. The highest BCUT2D eigenvalue weighted by atomic mass is 32.1. The Balaban J connectivity index is 2.31. The van der Waals surface area contributed by atoms with E-state index in [1.165, 1.54) is 29.7 Å². The minimum absolute atomic E-state index is 0.171. The zero-order valence-electron chi connectivity index (χ0n) is 12.3. The molecule has 3 rings (SSSR count). The van der Waals surface area contributed by atoms with E-state index in [9.17, 15) is 22.8 Å². The fraction of sp³-hybridized carbons (Fsp3) is 0.133. The van der Waals surface area contributed by atoms with E-state index in [1.807, 2.05) is 0 Å². The van der Waals surface area contributed by atoms with E-state index in [4.69, 9.17) is 0 Å². The summed E-state index contributed by atoms with van der Waals surface area (Å²) in [5.41, 5.74) is -2.66. The molecule has 0 N–H and O–H groups in total. The van der Waals surface area contributed by atoms with E-state index in [-0.39, 0.29) is 5.69 Å². The molecule has 0 aliphatic heterocycles. The second kappa shape index (κ2) is 5.45. The molecule has 2 heterocycles. The molecule has 0 aliphatic carbocycles. The lowest BCUT2D eigenvalue weighted by atomic mass is 10.2. The molecule has 0 spiro atoms. The fourth-order valence-corrected chi connectivity index (χ4v) is 3.13. The van der Waals surface area contributed by atoms with Crippen molar-refractivity contribution in [2.24, 2.45) is 7.05 Å². The highest BCUT2D eigenvalue weighted by molar-refractivity contribution is 7.13. The third-order valence-electron chi connectivity index (χ3n) is 3.54. The average molecular weight is 353 g/mol. The Morgan fingerprint density at radius 1 is 1.25 bits per heavy atom. The van der Waals surface area contributed by atoms with Gasteiger partial charge in [0.15, 0.2) is 0 Å². The number of benzene rings is 1. The lowest BCUT2D eigenvalue weighted by molar-refractivity contribution is -0.144. The summed E-state index contributed by atoms with van der Waals surface area (Å²) in [4.78, 5) is 24.4. The Kier molecular flexibility index (Phi) is 3.67. The highest BCUT2D eigenvalue weighted by Crippen LogP contribution is 2.28. The molecule has 0 saturated heterocycles. The van der Waals surface area contributed by atoms with Crippen molar-refractivity contribution < 1.29 is 13.2 Å². The maximum Gasteiger partial charge on any atom is 0.431 e. The number of halogens is 3. The topological polar surface area (TPSA) is 56.9 Å². The summed E-state index contributed by atoms with van der Waals surface area (Å²) in [7, 11) is 0.973. The van der Waals surface area contributed by atoms with E-state index < -0.39 is 23.1 Å². The van der Waals surface area contributed by atoms with E-state index in [0.717, 1.165) is 11.7 Å². The van der Waals surface area contributed by atoms with Crippen LogP contribution in [-0.4, -0.2) is 13.5 Å². The standard InChI is InChI=1S/C15H10F3N3O2S/c1-3-10-9-6-8(4-5-11(9)24-19-10)21-13(22)7-12(15(16,17)18)20(2)14(21)23/h3-7H,1H2,2H3. The van der Waals surface area contributed by atoms with Crippen molar-refractivity contribution in [3.05, 3.63) is 63.1 Å². The molecule has 2 aromatic heterocycles. The number of hydrogen-bond donors (Lipinski definition) is 0. The second-order valence-electron chi connectivity index (χ2n) is 4.99. The number of rotatable bonds is 2. The van der Waals surface area contributed by atoms with Crippen LogP contribution in [0.5, 0.6) is 0 Å². The van der Waals surface area contributed by atoms with Gasteiger partial charge in [-0.2, -0.15) is 17.5 Å². The largest absolute Gasteiger partial charge is 0.431 e. The molecule has 0 atom stereocenters. The zero-order valence-corrected chi connectivity index (χ0v) is 13.1. The second-order valence-corrected chi connectivity index (χ2v) is 5.80. The third kappa shape index (κ3) is 2.46. The first-order valence-electron chi connectivity index (χ1n) is 6.66. The van der Waals surface area contributed by atoms with Crippen LogP contribution in [0.1, 0.15) is 11.4 Å². The van der Waals surface area contributed by atoms with Gasteiger partial charge in [0.25, 0.3) is 5.56 Å². The van der Waals surface area contributed by atoms with E-state index in [2.05, 4.69) is 11.0 Å². The van der Waals surface area contributed by atoms with Gasteiger partial charge in [-0.1, -0.05) is 6.58 Å². The van der Waals surface area contributed by atoms with E-state index >= 15 is 0 Å². The summed E-state index contributed by atoms with van der Waals surface area (Å²) < 4.78 is 44.7. The summed E-state index contributed by atoms with van der Waals surface area (Å²) >= 11 is 1.22. The van der Waals surface area contributed by atoms with Crippen LogP contribution < -0.4 is 11.2 Å². The van der Waals surface area contributed by atoms with Gasteiger partial charge in [0, 0.05) is 18.5 Å². The maximum atomic E-state index is 12.9. The number of nitrogens with zero attached hydrogens (tertiary/aromatic N) is 3. The molecule has 0 bridgehead atoms. The molecule has 24 heavy (non-hydrogen) atoms. The van der Waals surface area contributed by atoms with Crippen molar-refractivity contribution in [2.45, 2.75) is 6.18 Å². The summed E-state index contributed by atoms with van der Waals surface area (Å²) in [6.45, 7) is 3.63. The summed E-state index contributed by atoms with van der Waals surface area (Å²) in [5, 5.41) is 0.668. The molecular formula is C15H10F3N3O2S. The molecule has 1 aromatic carbocycles. The molecular weight excluding hydrogens is 343 g/mol. The molecule has 5 nitrogen and oxygen atoms in total. The van der Waals surface area contributed by atoms with Gasteiger partial charge < -0.3 is 0 Å². The van der Waals surface area contributed by atoms with Crippen LogP contribution in [0.2, 0.25) is 0 Å². The van der Waals surface area contributed by atoms with E-state index in [0.29, 0.717) is 26.3 Å². The van der Waals surface area contributed by atoms with Crippen LogP contribution in [0.3, 0.4) is 0 Å². The predicted octanol–water partition coefficient (Wildman–Crippen LogP) is 2.81. The summed E-state index contributed by atoms with van der Waals surface area (Å²) in [5.74, 6) is 0. The van der Waals surface area contributed by atoms with Gasteiger partial charge in [-0.15, -0.1) is 0 Å². The van der Waals surface area contributed by atoms with Crippen molar-refractivity contribution in [3.8, 4) is 5.69 Å². The average Bonchev–Trinajstić information content (AvgIpc) is 2.92. The van der Waals surface area contributed by atoms with Crippen LogP contribution in [0, 0.1) is 0 Å². The van der Waals surface area contributed by atoms with Crippen LogP contribution >= 0.6 is 11.5 Å². The first kappa shape index (κ1) is 16.2. The molecule has 124 valence electrons. The molecule has 0 saturated carbocycles. The van der Waals surface area contributed by atoms with Crippen LogP contribution in [-0.2, 0) is 13.2 Å². The molecule has 0 fully saturated rings. The lowest BCUT2D eigenvalue weighted by Crippen LogP contribution is -2.40. The maximum absolute atomic E-state index is 12.9. The molecule has 3 aromatic rings. The normalized spacial score (nSPS) is 11.8. The van der Waals surface area contributed by atoms with E-state index in [1.54, 1.807) is 6.07 Å². The van der Waals surface area contributed by atoms with Crippen molar-refractivity contribution in [3.63, 3.8) is 0 Å². The predicted molar refractivity (Wildman–Crippen MR) is 85.6 cm³/mol. The third-order valence-corrected chi connectivity index (χ3v) is 4.38. The van der Waals surface area contributed by atoms with Gasteiger partial charge in [-0.05, 0) is 35.8 Å². The Bertz CT molecular complexity index is 1080. The molecule has 0 amide bonds. The molecule has 0 radical (unpaired) electrons. The van der Waals surface area contributed by atoms with Gasteiger partial charge in [-0.25, -0.2) is 9.36 Å². The van der Waals surface area contributed by atoms with Crippen LogP contribution in [0.25, 0.3) is 21.8 Å². The Hall–Kier alpha value is -2.68. The van der Waals surface area contributed by atoms with Crippen LogP contribution in [0.4, 0.5) is 13.2 Å². The van der Waals surface area contributed by atoms with Gasteiger partial charge in [-0.3, -0.25) is 9.36 Å². The number of hydrogen-bond acceptors (Lipinski definition) is 4. The van der Waals surface area contributed by atoms with Gasteiger partial charge >= 0.3 is 11.9 Å². The molecule has 0 aliphatic rings. The Labute approximate surface area is 137 Å². The Morgan fingerprint density at radius 2 is 1.96 bits per heavy atom. The molecule has 9 heteroatoms. The number of aromatic nitrogens is 3. The lowest BCUT2D eigenvalue weighted by Gasteiger charge is -2.13. The van der Waals surface area contributed by atoms with Crippen molar-refractivity contribution in [1.82, 2.24) is 13.5 Å². The summed E-state index contributed by atoms with van der Waals surface area (Å²) in [6, 6.07) is 5.08. The Morgan fingerprint density at radius 3 is 2.58 bits per heavy atom. The minimum Gasteiger partial charge on any atom is -0.292 e. The van der Waals surface area contributed by atoms with Gasteiger partial charge in [0.05, 0.1) is 16.1 Å². The summed E-state index contributed by atoms with van der Waals surface area (Å²) in [6.07, 6.45) is -3.26. The number of alkyl halides is 3.